The average Bonchev–Trinajstić information content (AvgIpc) is 2.49. The van der Waals surface area contributed by atoms with E-state index in [2.05, 4.69) is 10.3 Å². The first-order valence-corrected chi connectivity index (χ1v) is 7.00. The SMILES string of the molecule is CCc1cc(=O)n(CCNC(=O)c2ccc(C)cc2)cn1. The molecule has 110 valence electrons. The van der Waals surface area contributed by atoms with Gasteiger partial charge in [-0.05, 0) is 25.5 Å². The third-order valence-electron chi connectivity index (χ3n) is 3.25. The lowest BCUT2D eigenvalue weighted by Gasteiger charge is -2.08. The standard InChI is InChI=1S/C16H19N3O2/c1-3-14-10-15(20)19(11-18-14)9-8-17-16(21)13-6-4-12(2)5-7-13/h4-7,10-11H,3,8-9H2,1-2H3,(H,17,21). The molecule has 1 N–H and O–H groups in total. The minimum absolute atomic E-state index is 0.0913. The topological polar surface area (TPSA) is 64.0 Å². The van der Waals surface area contributed by atoms with Gasteiger partial charge in [-0.1, -0.05) is 24.6 Å². The fraction of sp³-hybridized carbons (Fsp3) is 0.312. The van der Waals surface area contributed by atoms with E-state index in [1.165, 1.54) is 17.0 Å². The number of hydrogen-bond acceptors (Lipinski definition) is 3. The van der Waals surface area contributed by atoms with Crippen LogP contribution in [0.25, 0.3) is 0 Å². The third-order valence-corrected chi connectivity index (χ3v) is 3.25. The number of carbonyl (C=O) groups is 1. The largest absolute Gasteiger partial charge is 0.350 e. The van der Waals surface area contributed by atoms with Crippen LogP contribution in [0.1, 0.15) is 28.5 Å². The lowest BCUT2D eigenvalue weighted by atomic mass is 10.1. The van der Waals surface area contributed by atoms with Crippen LogP contribution in [0.5, 0.6) is 0 Å². The molecular weight excluding hydrogens is 266 g/mol. The number of benzene rings is 1. The number of carbonyl (C=O) groups excluding carboxylic acids is 1. The van der Waals surface area contributed by atoms with Crippen LogP contribution in [0.3, 0.4) is 0 Å². The van der Waals surface area contributed by atoms with E-state index < -0.39 is 0 Å². The monoisotopic (exact) mass is 285 g/mol. The molecule has 0 radical (unpaired) electrons. The fourth-order valence-corrected chi connectivity index (χ4v) is 1.92. The van der Waals surface area contributed by atoms with Crippen molar-refractivity contribution in [2.24, 2.45) is 0 Å². The summed E-state index contributed by atoms with van der Waals surface area (Å²) < 4.78 is 1.49. The maximum atomic E-state index is 11.9. The Labute approximate surface area is 123 Å². The lowest BCUT2D eigenvalue weighted by Crippen LogP contribution is -2.31. The summed E-state index contributed by atoms with van der Waals surface area (Å²) in [6.07, 6.45) is 2.26. The van der Waals surface area contributed by atoms with Crippen molar-refractivity contribution in [3.05, 3.63) is 63.8 Å². The molecule has 2 rings (SSSR count). The Morgan fingerprint density at radius 2 is 2.00 bits per heavy atom. The predicted molar refractivity (Wildman–Crippen MR) is 81.4 cm³/mol. The molecule has 0 aliphatic heterocycles. The molecule has 21 heavy (non-hydrogen) atoms. The highest BCUT2D eigenvalue weighted by Gasteiger charge is 2.04. The van der Waals surface area contributed by atoms with Crippen molar-refractivity contribution in [3.63, 3.8) is 0 Å². The van der Waals surface area contributed by atoms with E-state index in [9.17, 15) is 9.59 Å². The van der Waals surface area contributed by atoms with Gasteiger partial charge < -0.3 is 5.32 Å². The van der Waals surface area contributed by atoms with Crippen LogP contribution < -0.4 is 10.9 Å². The normalized spacial score (nSPS) is 10.4. The van der Waals surface area contributed by atoms with Gasteiger partial charge in [-0.2, -0.15) is 0 Å². The molecule has 5 nitrogen and oxygen atoms in total. The van der Waals surface area contributed by atoms with Crippen LogP contribution in [0, 0.1) is 6.92 Å². The number of nitrogens with one attached hydrogen (secondary N) is 1. The van der Waals surface area contributed by atoms with Crippen molar-refractivity contribution in [3.8, 4) is 0 Å². The van der Waals surface area contributed by atoms with E-state index in [0.29, 0.717) is 18.7 Å². The van der Waals surface area contributed by atoms with E-state index >= 15 is 0 Å². The molecule has 0 atom stereocenters. The van der Waals surface area contributed by atoms with Gasteiger partial charge >= 0.3 is 0 Å². The van der Waals surface area contributed by atoms with Crippen molar-refractivity contribution in [2.45, 2.75) is 26.8 Å². The summed E-state index contributed by atoms with van der Waals surface area (Å²) in [6.45, 7) is 4.72. The molecule has 1 aromatic carbocycles. The molecular formula is C16H19N3O2. The molecule has 0 saturated heterocycles. The summed E-state index contributed by atoms with van der Waals surface area (Å²) in [5, 5.41) is 2.80. The molecule has 1 aromatic heterocycles. The number of rotatable bonds is 5. The first-order valence-electron chi connectivity index (χ1n) is 7.00. The quantitative estimate of drug-likeness (QED) is 0.906. The molecule has 0 bridgehead atoms. The summed E-state index contributed by atoms with van der Waals surface area (Å²) >= 11 is 0. The molecule has 1 heterocycles. The minimum atomic E-state index is -0.138. The van der Waals surface area contributed by atoms with E-state index in [0.717, 1.165) is 17.7 Å². The zero-order chi connectivity index (χ0) is 15.2. The summed E-state index contributed by atoms with van der Waals surface area (Å²) in [4.78, 5) is 27.9. The van der Waals surface area contributed by atoms with Gasteiger partial charge in [-0.25, -0.2) is 4.98 Å². The molecule has 0 spiro atoms. The van der Waals surface area contributed by atoms with Gasteiger partial charge in [0, 0.05) is 30.4 Å². The summed E-state index contributed by atoms with van der Waals surface area (Å²) in [5.41, 5.74) is 2.42. The van der Waals surface area contributed by atoms with Crippen LogP contribution in [0.15, 0.2) is 41.5 Å². The van der Waals surface area contributed by atoms with Gasteiger partial charge in [-0.15, -0.1) is 0 Å². The zero-order valence-corrected chi connectivity index (χ0v) is 12.3. The Bertz CT molecular complexity index is 675. The molecule has 0 saturated carbocycles. The number of amides is 1. The lowest BCUT2D eigenvalue weighted by molar-refractivity contribution is 0.0952. The molecule has 1 amide bonds. The number of aryl methyl sites for hydroxylation is 2. The van der Waals surface area contributed by atoms with Crippen LogP contribution in [-0.4, -0.2) is 22.0 Å². The Hall–Kier alpha value is -2.43. The number of hydrogen-bond donors (Lipinski definition) is 1. The minimum Gasteiger partial charge on any atom is -0.350 e. The van der Waals surface area contributed by atoms with Crippen molar-refractivity contribution >= 4 is 5.91 Å². The van der Waals surface area contributed by atoms with Crippen molar-refractivity contribution in [1.82, 2.24) is 14.9 Å². The van der Waals surface area contributed by atoms with Gasteiger partial charge in [0.2, 0.25) is 0 Å². The molecule has 0 aliphatic rings. The summed E-state index contributed by atoms with van der Waals surface area (Å²) in [7, 11) is 0. The third kappa shape index (κ3) is 4.02. The summed E-state index contributed by atoms with van der Waals surface area (Å²) in [6, 6.07) is 8.89. The predicted octanol–water partition coefficient (Wildman–Crippen LogP) is 1.54. The first-order chi connectivity index (χ1) is 10.1. The van der Waals surface area contributed by atoms with Crippen molar-refractivity contribution in [2.75, 3.05) is 6.54 Å². The van der Waals surface area contributed by atoms with Crippen molar-refractivity contribution < 1.29 is 4.79 Å². The van der Waals surface area contributed by atoms with Gasteiger partial charge in [0.05, 0.1) is 6.33 Å². The van der Waals surface area contributed by atoms with E-state index in [-0.39, 0.29) is 11.5 Å². The van der Waals surface area contributed by atoms with Crippen LogP contribution in [0.4, 0.5) is 0 Å². The van der Waals surface area contributed by atoms with Crippen LogP contribution in [-0.2, 0) is 13.0 Å². The zero-order valence-electron chi connectivity index (χ0n) is 12.3. The Morgan fingerprint density at radius 3 is 2.62 bits per heavy atom. The molecule has 2 aromatic rings. The Kier molecular flexibility index (Phi) is 4.87. The van der Waals surface area contributed by atoms with Gasteiger partial charge in [-0.3, -0.25) is 14.2 Å². The van der Waals surface area contributed by atoms with E-state index in [1.54, 1.807) is 12.1 Å². The number of aromatic nitrogens is 2. The molecule has 5 heteroatoms. The highest BCUT2D eigenvalue weighted by Crippen LogP contribution is 2.02. The first kappa shape index (κ1) is 15.0. The Balaban J connectivity index is 1.91. The van der Waals surface area contributed by atoms with Crippen LogP contribution in [0.2, 0.25) is 0 Å². The van der Waals surface area contributed by atoms with Crippen LogP contribution >= 0.6 is 0 Å². The highest BCUT2D eigenvalue weighted by molar-refractivity contribution is 5.94. The highest BCUT2D eigenvalue weighted by atomic mass is 16.1. The second kappa shape index (κ2) is 6.83. The smallest absolute Gasteiger partial charge is 0.253 e. The number of nitrogens with zero attached hydrogens (tertiary/aromatic N) is 2. The van der Waals surface area contributed by atoms with Gasteiger partial charge in [0.15, 0.2) is 0 Å². The van der Waals surface area contributed by atoms with E-state index in [1.807, 2.05) is 26.0 Å². The van der Waals surface area contributed by atoms with E-state index in [4.69, 9.17) is 0 Å². The second-order valence-electron chi connectivity index (χ2n) is 4.89. The average molecular weight is 285 g/mol. The molecule has 0 unspecified atom stereocenters. The van der Waals surface area contributed by atoms with Crippen molar-refractivity contribution in [1.29, 1.82) is 0 Å². The fourth-order valence-electron chi connectivity index (χ4n) is 1.92. The molecule has 0 aliphatic carbocycles. The maximum absolute atomic E-state index is 11.9. The van der Waals surface area contributed by atoms with Gasteiger partial charge in [0.1, 0.15) is 0 Å². The summed E-state index contributed by atoms with van der Waals surface area (Å²) in [5.74, 6) is -0.138. The molecule has 0 fully saturated rings. The van der Waals surface area contributed by atoms with Gasteiger partial charge in [0.25, 0.3) is 11.5 Å². The maximum Gasteiger partial charge on any atom is 0.253 e. The Morgan fingerprint density at radius 1 is 1.29 bits per heavy atom. The second-order valence-corrected chi connectivity index (χ2v) is 4.89.